The predicted molar refractivity (Wildman–Crippen MR) is 82.4 cm³/mol. The fraction of sp³-hybridized carbons (Fsp3) is 0.500. The molecule has 0 fully saturated rings. The summed E-state index contributed by atoms with van der Waals surface area (Å²) in [6.45, 7) is 16.9. The van der Waals surface area contributed by atoms with Gasteiger partial charge in [0, 0.05) is 11.1 Å². The van der Waals surface area contributed by atoms with Crippen LogP contribution in [0.5, 0.6) is 0 Å². The summed E-state index contributed by atoms with van der Waals surface area (Å²) < 4.78 is 11.4. The summed E-state index contributed by atoms with van der Waals surface area (Å²) in [7, 11) is 0. The van der Waals surface area contributed by atoms with Gasteiger partial charge in [0.05, 0.1) is 11.1 Å². The number of hydrogen-bond acceptors (Lipinski definition) is 4. The van der Waals surface area contributed by atoms with Crippen molar-refractivity contribution in [3.63, 3.8) is 0 Å². The van der Waals surface area contributed by atoms with Crippen LogP contribution in [0.4, 0.5) is 0 Å². The highest BCUT2D eigenvalue weighted by atomic mass is 16.5. The van der Waals surface area contributed by atoms with Crippen LogP contribution in [0.1, 0.15) is 27.7 Å². The second-order valence-corrected chi connectivity index (χ2v) is 6.27. The molecule has 0 amide bonds. The highest BCUT2D eigenvalue weighted by Crippen LogP contribution is 2.26. The van der Waals surface area contributed by atoms with E-state index in [0.717, 1.165) is 11.1 Å². The van der Waals surface area contributed by atoms with Crippen LogP contribution in [0.2, 0.25) is 0 Å². The minimum atomic E-state index is -0.215. The topological polar surface area (TPSA) is 43.2 Å². The maximum absolute atomic E-state index is 5.68. The van der Waals surface area contributed by atoms with E-state index in [-0.39, 0.29) is 11.1 Å². The SMILES string of the molecule is C=C/C(C1=NC(C)(C)CO1)=C(\C=C)C1=NC(C)(C)CO1. The van der Waals surface area contributed by atoms with E-state index in [9.17, 15) is 0 Å². The lowest BCUT2D eigenvalue weighted by atomic mass is 10.1. The normalized spacial score (nSPS) is 24.0. The van der Waals surface area contributed by atoms with E-state index < -0.39 is 0 Å². The summed E-state index contributed by atoms with van der Waals surface area (Å²) in [4.78, 5) is 9.15. The van der Waals surface area contributed by atoms with Gasteiger partial charge < -0.3 is 9.47 Å². The molecule has 0 spiro atoms. The Bertz CT molecular complexity index is 489. The largest absolute Gasteiger partial charge is 0.475 e. The molecule has 4 heteroatoms. The van der Waals surface area contributed by atoms with Crippen molar-refractivity contribution in [2.75, 3.05) is 13.2 Å². The van der Waals surface area contributed by atoms with Gasteiger partial charge in [0.1, 0.15) is 13.2 Å². The molecule has 0 bridgehead atoms. The number of rotatable bonds is 4. The molecule has 20 heavy (non-hydrogen) atoms. The van der Waals surface area contributed by atoms with Gasteiger partial charge >= 0.3 is 0 Å². The number of hydrogen-bond donors (Lipinski definition) is 0. The van der Waals surface area contributed by atoms with Crippen LogP contribution in [0, 0.1) is 0 Å². The van der Waals surface area contributed by atoms with E-state index in [1.54, 1.807) is 12.2 Å². The summed E-state index contributed by atoms with van der Waals surface area (Å²) in [6.07, 6.45) is 3.43. The summed E-state index contributed by atoms with van der Waals surface area (Å²) in [5, 5.41) is 0. The van der Waals surface area contributed by atoms with Gasteiger partial charge in [0.2, 0.25) is 11.8 Å². The molecule has 2 heterocycles. The fourth-order valence-electron chi connectivity index (χ4n) is 2.07. The molecule has 108 valence electrons. The van der Waals surface area contributed by atoms with Crippen LogP contribution in [-0.2, 0) is 9.47 Å². The molecule has 2 rings (SSSR count). The predicted octanol–water partition coefficient (Wildman–Crippen LogP) is 3.07. The molecule has 0 aromatic carbocycles. The summed E-state index contributed by atoms with van der Waals surface area (Å²) in [5.41, 5.74) is 1.13. The lowest BCUT2D eigenvalue weighted by Crippen LogP contribution is -2.17. The molecule has 4 nitrogen and oxygen atoms in total. The Kier molecular flexibility index (Phi) is 3.59. The summed E-state index contributed by atoms with van der Waals surface area (Å²) >= 11 is 0. The van der Waals surface area contributed by atoms with E-state index >= 15 is 0 Å². The summed E-state index contributed by atoms with van der Waals surface area (Å²) in [6, 6.07) is 0. The Morgan fingerprint density at radius 1 is 0.900 bits per heavy atom. The van der Waals surface area contributed by atoms with Crippen LogP contribution in [0.15, 0.2) is 46.4 Å². The molecule has 0 saturated heterocycles. The lowest BCUT2D eigenvalue weighted by Gasteiger charge is -2.08. The second kappa shape index (κ2) is 4.93. The molecule has 0 N–H and O–H groups in total. The first-order chi connectivity index (χ1) is 9.28. The monoisotopic (exact) mass is 274 g/mol. The minimum Gasteiger partial charge on any atom is -0.475 e. The van der Waals surface area contributed by atoms with Crippen LogP contribution >= 0.6 is 0 Å². The van der Waals surface area contributed by atoms with Gasteiger partial charge in [0.25, 0.3) is 0 Å². The number of nitrogens with zero attached hydrogens (tertiary/aromatic N) is 2. The first kappa shape index (κ1) is 14.6. The zero-order valence-electron chi connectivity index (χ0n) is 12.7. The Labute approximate surface area is 120 Å². The third kappa shape index (κ3) is 2.84. The smallest absolute Gasteiger partial charge is 0.217 e. The second-order valence-electron chi connectivity index (χ2n) is 6.27. The number of aliphatic imine (C=N–C) groups is 2. The van der Waals surface area contributed by atoms with Crippen LogP contribution in [0.3, 0.4) is 0 Å². The average molecular weight is 274 g/mol. The van der Waals surface area contributed by atoms with Crippen molar-refractivity contribution in [3.8, 4) is 0 Å². The fourth-order valence-corrected chi connectivity index (χ4v) is 2.07. The maximum atomic E-state index is 5.68. The lowest BCUT2D eigenvalue weighted by molar-refractivity contribution is 0.277. The van der Waals surface area contributed by atoms with Crippen LogP contribution in [0.25, 0.3) is 0 Å². The van der Waals surface area contributed by atoms with Crippen LogP contribution < -0.4 is 0 Å². The minimum absolute atomic E-state index is 0.215. The first-order valence-corrected chi connectivity index (χ1v) is 6.73. The van der Waals surface area contributed by atoms with E-state index in [1.807, 2.05) is 27.7 Å². The highest BCUT2D eigenvalue weighted by molar-refractivity contribution is 6.09. The van der Waals surface area contributed by atoms with E-state index in [0.29, 0.717) is 25.0 Å². The molecule has 0 radical (unpaired) electrons. The van der Waals surface area contributed by atoms with Gasteiger partial charge in [-0.2, -0.15) is 0 Å². The third-order valence-corrected chi connectivity index (χ3v) is 3.09. The third-order valence-electron chi connectivity index (χ3n) is 3.09. The van der Waals surface area contributed by atoms with Gasteiger partial charge in [-0.15, -0.1) is 0 Å². The van der Waals surface area contributed by atoms with Gasteiger partial charge in [-0.1, -0.05) is 25.3 Å². The van der Waals surface area contributed by atoms with E-state index in [2.05, 4.69) is 23.1 Å². The van der Waals surface area contributed by atoms with Gasteiger partial charge in [0.15, 0.2) is 0 Å². The average Bonchev–Trinajstić information content (AvgIpc) is 2.88. The molecule has 0 aromatic heterocycles. The zero-order valence-corrected chi connectivity index (χ0v) is 12.7. The van der Waals surface area contributed by atoms with Gasteiger partial charge in [-0.25, -0.2) is 9.98 Å². The van der Waals surface area contributed by atoms with Crippen molar-refractivity contribution < 1.29 is 9.47 Å². The zero-order chi connectivity index (χ0) is 15.0. The Balaban J connectivity index is 2.46. The van der Waals surface area contributed by atoms with Crippen molar-refractivity contribution in [3.05, 3.63) is 36.5 Å². The van der Waals surface area contributed by atoms with E-state index in [4.69, 9.17) is 9.47 Å². The molecule has 0 atom stereocenters. The maximum Gasteiger partial charge on any atom is 0.217 e. The quantitative estimate of drug-likeness (QED) is 0.739. The molecular formula is C16H22N2O2. The molecule has 2 aliphatic rings. The van der Waals surface area contributed by atoms with Crippen molar-refractivity contribution >= 4 is 11.8 Å². The Morgan fingerprint density at radius 2 is 1.25 bits per heavy atom. The molecule has 0 unspecified atom stereocenters. The van der Waals surface area contributed by atoms with Crippen molar-refractivity contribution in [1.29, 1.82) is 0 Å². The Morgan fingerprint density at radius 3 is 1.45 bits per heavy atom. The van der Waals surface area contributed by atoms with Crippen LogP contribution in [-0.4, -0.2) is 36.1 Å². The van der Waals surface area contributed by atoms with Crippen molar-refractivity contribution in [2.45, 2.75) is 38.8 Å². The molecule has 0 aromatic rings. The molecule has 2 aliphatic heterocycles. The molecule has 0 saturated carbocycles. The van der Waals surface area contributed by atoms with Crippen molar-refractivity contribution in [2.24, 2.45) is 9.98 Å². The highest BCUT2D eigenvalue weighted by Gasteiger charge is 2.32. The molecular weight excluding hydrogens is 252 g/mol. The van der Waals surface area contributed by atoms with E-state index in [1.165, 1.54) is 0 Å². The Hall–Kier alpha value is -1.84. The van der Waals surface area contributed by atoms with Gasteiger partial charge in [-0.05, 0) is 27.7 Å². The summed E-state index contributed by atoms with van der Waals surface area (Å²) in [5.74, 6) is 1.16. The first-order valence-electron chi connectivity index (χ1n) is 6.73. The standard InChI is InChI=1S/C16H22N2O2/c1-7-11(13-17-15(3,4)9-19-13)12(8-2)14-18-16(5,6)10-20-14/h7-8H,1-2,9-10H2,3-6H3/b12-11-. The number of ether oxygens (including phenoxy) is 2. The molecule has 0 aliphatic carbocycles. The van der Waals surface area contributed by atoms with Gasteiger partial charge in [-0.3, -0.25) is 0 Å². The van der Waals surface area contributed by atoms with Crippen molar-refractivity contribution in [1.82, 2.24) is 0 Å².